The summed E-state index contributed by atoms with van der Waals surface area (Å²) in [6.07, 6.45) is 2.17. The minimum absolute atomic E-state index is 0.169. The topological polar surface area (TPSA) is 68.0 Å². The highest BCUT2D eigenvalue weighted by Crippen LogP contribution is 2.42. The van der Waals surface area contributed by atoms with E-state index in [1.165, 1.54) is 11.8 Å². The van der Waals surface area contributed by atoms with E-state index in [4.69, 9.17) is 16.0 Å². The number of benzene rings is 2. The van der Waals surface area contributed by atoms with Crippen LogP contribution in [0.3, 0.4) is 0 Å². The summed E-state index contributed by atoms with van der Waals surface area (Å²) in [5.41, 5.74) is 2.48. The first-order valence-corrected chi connectivity index (χ1v) is 9.98. The molecule has 1 heterocycles. The lowest BCUT2D eigenvalue weighted by atomic mass is 10.1. The lowest BCUT2D eigenvalue weighted by Gasteiger charge is -2.15. The van der Waals surface area contributed by atoms with Gasteiger partial charge in [0.25, 0.3) is 5.22 Å². The minimum Gasteiger partial charge on any atom is -0.416 e. The van der Waals surface area contributed by atoms with Crippen LogP contribution in [0, 0.1) is 6.92 Å². The average molecular weight is 400 g/mol. The summed E-state index contributed by atoms with van der Waals surface area (Å²) in [6.45, 7) is 1.92. The van der Waals surface area contributed by atoms with Gasteiger partial charge in [0, 0.05) is 16.6 Å². The number of anilines is 1. The fourth-order valence-corrected chi connectivity index (χ4v) is 3.71. The fraction of sp³-hybridized carbons (Fsp3) is 0.250. The Balaban J connectivity index is 1.56. The maximum absolute atomic E-state index is 13.0. The van der Waals surface area contributed by atoms with Gasteiger partial charge < -0.3 is 9.73 Å². The van der Waals surface area contributed by atoms with Crippen molar-refractivity contribution >= 4 is 35.0 Å². The molecule has 1 aliphatic carbocycles. The van der Waals surface area contributed by atoms with Gasteiger partial charge in [0.1, 0.15) is 5.25 Å². The number of hydrogen-bond acceptors (Lipinski definition) is 5. The van der Waals surface area contributed by atoms with Crippen molar-refractivity contribution in [1.29, 1.82) is 0 Å². The van der Waals surface area contributed by atoms with Crippen molar-refractivity contribution in [3.63, 3.8) is 0 Å². The normalized spacial score (nSPS) is 14.7. The number of hydrogen-bond donors (Lipinski definition) is 1. The highest BCUT2D eigenvalue weighted by molar-refractivity contribution is 8.00. The number of aryl methyl sites for hydroxylation is 1. The second-order valence-electron chi connectivity index (χ2n) is 6.54. The highest BCUT2D eigenvalue weighted by atomic mass is 35.5. The predicted molar refractivity (Wildman–Crippen MR) is 106 cm³/mol. The van der Waals surface area contributed by atoms with E-state index in [-0.39, 0.29) is 5.91 Å². The molecule has 0 saturated heterocycles. The first-order valence-electron chi connectivity index (χ1n) is 8.72. The summed E-state index contributed by atoms with van der Waals surface area (Å²) in [5, 5.41) is 11.6. The average Bonchev–Trinajstić information content (AvgIpc) is 3.42. The molecule has 3 aromatic rings. The molecule has 5 nitrogen and oxygen atoms in total. The van der Waals surface area contributed by atoms with Gasteiger partial charge >= 0.3 is 0 Å². The number of carbonyl (C=O) groups excluding carboxylic acids is 1. The van der Waals surface area contributed by atoms with Crippen molar-refractivity contribution in [2.24, 2.45) is 0 Å². The molecule has 1 aliphatic rings. The van der Waals surface area contributed by atoms with Crippen LogP contribution in [0.1, 0.15) is 41.0 Å². The van der Waals surface area contributed by atoms with Crippen LogP contribution in [-0.2, 0) is 4.79 Å². The second-order valence-corrected chi connectivity index (χ2v) is 8.01. The first kappa shape index (κ1) is 18.1. The molecule has 7 heteroatoms. The molecule has 1 amide bonds. The Morgan fingerprint density at radius 3 is 2.70 bits per heavy atom. The van der Waals surface area contributed by atoms with Gasteiger partial charge in [0.15, 0.2) is 0 Å². The van der Waals surface area contributed by atoms with Crippen molar-refractivity contribution in [3.05, 3.63) is 70.6 Å². The summed E-state index contributed by atoms with van der Waals surface area (Å²) >= 11 is 7.43. The van der Waals surface area contributed by atoms with E-state index in [9.17, 15) is 4.79 Å². The Hall–Kier alpha value is -2.31. The Bertz CT molecular complexity index is 957. The standard InChI is InChI=1S/C20H18ClN3O2S/c1-12-7-10-15(11-16(12)21)22-18(25)17(13-5-3-2-4-6-13)27-20-24-23-19(26-20)14-8-9-14/h2-7,10-11,14,17H,8-9H2,1H3,(H,22,25). The molecule has 4 rings (SSSR count). The van der Waals surface area contributed by atoms with E-state index < -0.39 is 5.25 Å². The lowest BCUT2D eigenvalue weighted by Crippen LogP contribution is -2.19. The number of nitrogens with one attached hydrogen (secondary N) is 1. The summed E-state index contributed by atoms with van der Waals surface area (Å²) in [6, 6.07) is 15.0. The largest absolute Gasteiger partial charge is 0.416 e. The second kappa shape index (κ2) is 7.74. The Morgan fingerprint density at radius 2 is 2.00 bits per heavy atom. The van der Waals surface area contributed by atoms with E-state index in [1.807, 2.05) is 49.4 Å². The molecule has 1 fully saturated rings. The summed E-state index contributed by atoms with van der Waals surface area (Å²) in [7, 11) is 0. The quantitative estimate of drug-likeness (QED) is 0.563. The lowest BCUT2D eigenvalue weighted by molar-refractivity contribution is -0.115. The van der Waals surface area contributed by atoms with Gasteiger partial charge in [-0.1, -0.05) is 48.0 Å². The van der Waals surface area contributed by atoms with Gasteiger partial charge in [0.2, 0.25) is 11.8 Å². The fourth-order valence-electron chi connectivity index (χ4n) is 2.64. The molecule has 1 N–H and O–H groups in total. The van der Waals surface area contributed by atoms with Crippen molar-refractivity contribution in [2.45, 2.75) is 36.2 Å². The van der Waals surface area contributed by atoms with Gasteiger partial charge in [-0.15, -0.1) is 10.2 Å². The van der Waals surface area contributed by atoms with Crippen LogP contribution in [0.25, 0.3) is 0 Å². The number of carbonyl (C=O) groups is 1. The molecule has 1 aromatic heterocycles. The molecule has 138 valence electrons. The van der Waals surface area contributed by atoms with Crippen LogP contribution < -0.4 is 5.32 Å². The third-order valence-corrected chi connectivity index (χ3v) is 5.84. The number of thioether (sulfide) groups is 1. The SMILES string of the molecule is Cc1ccc(NC(=O)C(Sc2nnc(C3CC3)o2)c2ccccc2)cc1Cl. The third kappa shape index (κ3) is 4.34. The van der Waals surface area contributed by atoms with Crippen LogP contribution in [0.4, 0.5) is 5.69 Å². The molecule has 0 spiro atoms. The van der Waals surface area contributed by atoms with Crippen molar-refractivity contribution in [2.75, 3.05) is 5.32 Å². The van der Waals surface area contributed by atoms with E-state index >= 15 is 0 Å². The smallest absolute Gasteiger partial charge is 0.277 e. The van der Waals surface area contributed by atoms with Crippen LogP contribution in [-0.4, -0.2) is 16.1 Å². The Kier molecular flexibility index (Phi) is 5.18. The van der Waals surface area contributed by atoms with E-state index in [0.717, 1.165) is 24.0 Å². The molecule has 27 heavy (non-hydrogen) atoms. The number of nitrogens with zero attached hydrogens (tertiary/aromatic N) is 2. The van der Waals surface area contributed by atoms with Crippen molar-refractivity contribution in [3.8, 4) is 0 Å². The number of amides is 1. The van der Waals surface area contributed by atoms with E-state index in [1.54, 1.807) is 6.07 Å². The van der Waals surface area contributed by atoms with Crippen LogP contribution in [0.15, 0.2) is 58.2 Å². The van der Waals surface area contributed by atoms with Gasteiger partial charge in [-0.3, -0.25) is 4.79 Å². The molecule has 0 aliphatic heterocycles. The molecular formula is C20H18ClN3O2S. The summed E-state index contributed by atoms with van der Waals surface area (Å²) < 4.78 is 5.73. The van der Waals surface area contributed by atoms with Gasteiger partial charge in [0.05, 0.1) is 0 Å². The zero-order valence-corrected chi connectivity index (χ0v) is 16.3. The Morgan fingerprint density at radius 1 is 1.22 bits per heavy atom. The molecule has 0 bridgehead atoms. The van der Waals surface area contributed by atoms with Crippen LogP contribution in [0.2, 0.25) is 5.02 Å². The number of rotatable bonds is 6. The highest BCUT2D eigenvalue weighted by Gasteiger charge is 2.31. The van der Waals surface area contributed by atoms with Crippen molar-refractivity contribution < 1.29 is 9.21 Å². The van der Waals surface area contributed by atoms with Gasteiger partial charge in [-0.05, 0) is 54.8 Å². The minimum atomic E-state index is -0.515. The molecular weight excluding hydrogens is 382 g/mol. The zero-order chi connectivity index (χ0) is 18.8. The molecule has 1 atom stereocenters. The zero-order valence-electron chi connectivity index (χ0n) is 14.7. The maximum atomic E-state index is 13.0. The molecule has 0 radical (unpaired) electrons. The van der Waals surface area contributed by atoms with Crippen LogP contribution >= 0.6 is 23.4 Å². The van der Waals surface area contributed by atoms with E-state index in [0.29, 0.717) is 27.7 Å². The van der Waals surface area contributed by atoms with Gasteiger partial charge in [-0.25, -0.2) is 0 Å². The maximum Gasteiger partial charge on any atom is 0.277 e. The molecule has 2 aromatic carbocycles. The Labute approximate surface area is 166 Å². The summed E-state index contributed by atoms with van der Waals surface area (Å²) in [5.74, 6) is 0.873. The third-order valence-electron chi connectivity index (χ3n) is 4.35. The van der Waals surface area contributed by atoms with E-state index in [2.05, 4.69) is 15.5 Å². The first-order chi connectivity index (χ1) is 13.1. The van der Waals surface area contributed by atoms with Crippen LogP contribution in [0.5, 0.6) is 0 Å². The number of aromatic nitrogens is 2. The molecule has 1 unspecified atom stereocenters. The molecule has 1 saturated carbocycles. The van der Waals surface area contributed by atoms with Gasteiger partial charge in [-0.2, -0.15) is 0 Å². The van der Waals surface area contributed by atoms with Crippen molar-refractivity contribution in [1.82, 2.24) is 10.2 Å². The monoisotopic (exact) mass is 399 g/mol. The number of halogens is 1. The summed E-state index contributed by atoms with van der Waals surface area (Å²) in [4.78, 5) is 13.0. The predicted octanol–water partition coefficient (Wildman–Crippen LogP) is 5.38.